The monoisotopic (exact) mass is 278 g/mol. The summed E-state index contributed by atoms with van der Waals surface area (Å²) in [6.45, 7) is 4.87. The van der Waals surface area contributed by atoms with Gasteiger partial charge in [-0.1, -0.05) is 0 Å². The number of nitrogens with zero attached hydrogens (tertiary/aromatic N) is 2. The summed E-state index contributed by atoms with van der Waals surface area (Å²) in [5, 5.41) is 0. The Kier molecular flexibility index (Phi) is 4.98. The molecule has 0 aromatic heterocycles. The Balaban J connectivity index is 2.17. The quantitative estimate of drug-likeness (QED) is 0.775. The van der Waals surface area contributed by atoms with Crippen LogP contribution in [0, 0.1) is 0 Å². The summed E-state index contributed by atoms with van der Waals surface area (Å²) in [6.07, 6.45) is 0. The number of ether oxygens (including phenoxy) is 2. The van der Waals surface area contributed by atoms with Crippen LogP contribution < -0.4 is 4.74 Å². The van der Waals surface area contributed by atoms with Gasteiger partial charge in [0, 0.05) is 32.7 Å². The van der Waals surface area contributed by atoms with Crippen molar-refractivity contribution in [3.63, 3.8) is 0 Å². The highest BCUT2D eigenvalue weighted by molar-refractivity contribution is 5.91. The summed E-state index contributed by atoms with van der Waals surface area (Å²) in [5.74, 6) is 0.471. The molecule has 20 heavy (non-hydrogen) atoms. The predicted octanol–water partition coefficient (Wildman–Crippen LogP) is 1.23. The van der Waals surface area contributed by atoms with E-state index in [4.69, 9.17) is 9.47 Å². The highest BCUT2D eigenvalue weighted by Gasteiger charge is 2.18. The van der Waals surface area contributed by atoms with Gasteiger partial charge in [0.1, 0.15) is 5.75 Å². The van der Waals surface area contributed by atoms with Gasteiger partial charge >= 0.3 is 5.97 Å². The molecular formula is C15H22N2O3. The molecule has 0 unspecified atom stereocenters. The number of carbonyl (C=O) groups is 1. The minimum atomic E-state index is -0.295. The van der Waals surface area contributed by atoms with Gasteiger partial charge in [-0.25, -0.2) is 4.79 Å². The molecule has 0 aliphatic carbocycles. The van der Waals surface area contributed by atoms with Crippen LogP contribution in [0.5, 0.6) is 5.75 Å². The van der Waals surface area contributed by atoms with Crippen molar-refractivity contribution in [2.45, 2.75) is 6.54 Å². The maximum absolute atomic E-state index is 11.8. The summed E-state index contributed by atoms with van der Waals surface area (Å²) >= 11 is 0. The van der Waals surface area contributed by atoms with Crippen molar-refractivity contribution in [1.29, 1.82) is 0 Å². The second-order valence-electron chi connectivity index (χ2n) is 5.09. The zero-order valence-electron chi connectivity index (χ0n) is 12.4. The number of carbonyl (C=O) groups excluding carboxylic acids is 1. The maximum Gasteiger partial charge on any atom is 0.338 e. The van der Waals surface area contributed by atoms with E-state index in [9.17, 15) is 4.79 Å². The molecule has 5 nitrogen and oxygen atoms in total. The molecule has 110 valence electrons. The van der Waals surface area contributed by atoms with E-state index in [0.29, 0.717) is 5.56 Å². The number of hydrogen-bond donors (Lipinski definition) is 0. The SMILES string of the molecule is COC(=O)c1ccc(OC)cc1CN1CCN(C)CC1. The summed E-state index contributed by atoms with van der Waals surface area (Å²) in [5.41, 5.74) is 1.58. The molecule has 0 radical (unpaired) electrons. The molecule has 2 rings (SSSR count). The van der Waals surface area contributed by atoms with Gasteiger partial charge < -0.3 is 14.4 Å². The first-order valence-corrected chi connectivity index (χ1v) is 6.80. The zero-order valence-corrected chi connectivity index (χ0v) is 12.4. The molecule has 0 amide bonds. The predicted molar refractivity (Wildman–Crippen MR) is 77.1 cm³/mol. The van der Waals surface area contributed by atoms with Gasteiger partial charge in [0.05, 0.1) is 19.8 Å². The second-order valence-corrected chi connectivity index (χ2v) is 5.09. The fraction of sp³-hybridized carbons (Fsp3) is 0.533. The summed E-state index contributed by atoms with van der Waals surface area (Å²) in [6, 6.07) is 5.49. The normalized spacial score (nSPS) is 16.9. The molecule has 1 aliphatic rings. The van der Waals surface area contributed by atoms with Crippen molar-refractivity contribution in [2.24, 2.45) is 0 Å². The van der Waals surface area contributed by atoms with Crippen LogP contribution in [0.25, 0.3) is 0 Å². The van der Waals surface area contributed by atoms with Crippen molar-refractivity contribution in [2.75, 3.05) is 47.4 Å². The Hall–Kier alpha value is -1.59. The molecule has 0 saturated carbocycles. The van der Waals surface area contributed by atoms with Crippen LogP contribution in [0.3, 0.4) is 0 Å². The number of rotatable bonds is 4. The molecule has 1 fully saturated rings. The van der Waals surface area contributed by atoms with E-state index in [1.54, 1.807) is 19.2 Å². The van der Waals surface area contributed by atoms with Crippen molar-refractivity contribution in [3.05, 3.63) is 29.3 Å². The smallest absolute Gasteiger partial charge is 0.338 e. The lowest BCUT2D eigenvalue weighted by molar-refractivity contribution is 0.0597. The zero-order chi connectivity index (χ0) is 14.5. The molecule has 0 bridgehead atoms. The Labute approximate surface area is 120 Å². The Bertz CT molecular complexity index is 468. The van der Waals surface area contributed by atoms with Crippen molar-refractivity contribution >= 4 is 5.97 Å². The lowest BCUT2D eigenvalue weighted by Crippen LogP contribution is -2.44. The van der Waals surface area contributed by atoms with Crippen LogP contribution in [-0.4, -0.2) is 63.2 Å². The van der Waals surface area contributed by atoms with E-state index in [1.165, 1.54) is 7.11 Å². The second kappa shape index (κ2) is 6.72. The molecule has 1 aromatic carbocycles. The number of methoxy groups -OCH3 is 2. The minimum absolute atomic E-state index is 0.295. The van der Waals surface area contributed by atoms with Gasteiger partial charge in [0.25, 0.3) is 0 Å². The van der Waals surface area contributed by atoms with E-state index in [2.05, 4.69) is 16.8 Å². The van der Waals surface area contributed by atoms with Crippen LogP contribution in [0.1, 0.15) is 15.9 Å². The number of likely N-dealkylation sites (N-methyl/N-ethyl adjacent to an activating group) is 1. The van der Waals surface area contributed by atoms with Crippen molar-refractivity contribution in [3.8, 4) is 5.75 Å². The van der Waals surface area contributed by atoms with Crippen LogP contribution in [0.4, 0.5) is 0 Å². The van der Waals surface area contributed by atoms with Gasteiger partial charge in [-0.3, -0.25) is 4.90 Å². The van der Waals surface area contributed by atoms with Gasteiger partial charge in [0.15, 0.2) is 0 Å². The van der Waals surface area contributed by atoms with Crippen molar-refractivity contribution in [1.82, 2.24) is 9.80 Å². The van der Waals surface area contributed by atoms with Crippen LogP contribution in [0.2, 0.25) is 0 Å². The van der Waals surface area contributed by atoms with Crippen LogP contribution in [0.15, 0.2) is 18.2 Å². The molecule has 5 heteroatoms. The third-order valence-corrected chi connectivity index (χ3v) is 3.71. The first-order chi connectivity index (χ1) is 9.63. The van der Waals surface area contributed by atoms with Crippen molar-refractivity contribution < 1.29 is 14.3 Å². The van der Waals surface area contributed by atoms with E-state index in [-0.39, 0.29) is 5.97 Å². The lowest BCUT2D eigenvalue weighted by Gasteiger charge is -2.32. The summed E-state index contributed by atoms with van der Waals surface area (Å²) in [7, 11) is 5.17. The number of piperazine rings is 1. The third kappa shape index (κ3) is 3.49. The van der Waals surface area contributed by atoms with Crippen LogP contribution in [-0.2, 0) is 11.3 Å². The maximum atomic E-state index is 11.8. The van der Waals surface area contributed by atoms with E-state index >= 15 is 0 Å². The highest BCUT2D eigenvalue weighted by Crippen LogP contribution is 2.20. The molecule has 1 saturated heterocycles. The Morgan fingerprint density at radius 3 is 2.50 bits per heavy atom. The first-order valence-electron chi connectivity index (χ1n) is 6.80. The number of benzene rings is 1. The van der Waals surface area contributed by atoms with E-state index in [1.807, 2.05) is 6.07 Å². The van der Waals surface area contributed by atoms with Gasteiger partial charge in [-0.05, 0) is 30.8 Å². The minimum Gasteiger partial charge on any atom is -0.497 e. The molecule has 0 atom stereocenters. The van der Waals surface area contributed by atoms with E-state index < -0.39 is 0 Å². The summed E-state index contributed by atoms with van der Waals surface area (Å²) in [4.78, 5) is 16.5. The van der Waals surface area contributed by atoms with E-state index in [0.717, 1.165) is 44.0 Å². The molecule has 1 aromatic rings. The number of esters is 1. The van der Waals surface area contributed by atoms with Gasteiger partial charge in [0.2, 0.25) is 0 Å². The molecule has 0 spiro atoms. The largest absolute Gasteiger partial charge is 0.497 e. The van der Waals surface area contributed by atoms with Crippen LogP contribution >= 0.6 is 0 Å². The van der Waals surface area contributed by atoms with Gasteiger partial charge in [-0.2, -0.15) is 0 Å². The Morgan fingerprint density at radius 1 is 1.20 bits per heavy atom. The molecule has 1 heterocycles. The topological polar surface area (TPSA) is 42.0 Å². The average molecular weight is 278 g/mol. The highest BCUT2D eigenvalue weighted by atomic mass is 16.5. The molecule has 0 N–H and O–H groups in total. The lowest BCUT2D eigenvalue weighted by atomic mass is 10.1. The molecule has 1 aliphatic heterocycles. The Morgan fingerprint density at radius 2 is 1.90 bits per heavy atom. The standard InChI is InChI=1S/C15H22N2O3/c1-16-6-8-17(9-7-16)11-12-10-13(19-2)4-5-14(12)15(18)20-3/h4-5,10H,6-9,11H2,1-3H3. The fourth-order valence-corrected chi connectivity index (χ4v) is 2.38. The fourth-order valence-electron chi connectivity index (χ4n) is 2.38. The number of hydrogen-bond acceptors (Lipinski definition) is 5. The third-order valence-electron chi connectivity index (χ3n) is 3.71. The van der Waals surface area contributed by atoms with Gasteiger partial charge in [-0.15, -0.1) is 0 Å². The molecular weight excluding hydrogens is 256 g/mol. The first kappa shape index (κ1) is 14.8. The summed E-state index contributed by atoms with van der Waals surface area (Å²) < 4.78 is 10.1. The average Bonchev–Trinajstić information content (AvgIpc) is 2.48.